The maximum absolute atomic E-state index is 6.16. The fraction of sp³-hybridized carbons (Fsp3) is 0.0588. The van der Waals surface area contributed by atoms with E-state index in [2.05, 4.69) is 15.7 Å². The van der Waals surface area contributed by atoms with Crippen molar-refractivity contribution in [1.29, 1.82) is 0 Å². The Bertz CT molecular complexity index is 910. The van der Waals surface area contributed by atoms with Crippen LogP contribution in [0.1, 0.15) is 5.56 Å². The molecule has 0 fully saturated rings. The number of rotatable bonds is 4. The number of nitrogens with one attached hydrogen (secondary N) is 2. The lowest BCUT2D eigenvalue weighted by Crippen LogP contribution is -2.19. The van der Waals surface area contributed by atoms with E-state index in [1.54, 1.807) is 35.3 Å². The van der Waals surface area contributed by atoms with Crippen LogP contribution in [0, 0.1) is 0 Å². The normalized spacial score (nSPS) is 10.5. The quantitative estimate of drug-likeness (QED) is 0.540. The Hall–Kier alpha value is -1.79. The van der Waals surface area contributed by atoms with Crippen molar-refractivity contribution in [2.75, 3.05) is 10.6 Å². The van der Waals surface area contributed by atoms with Gasteiger partial charge in [0.2, 0.25) is 0 Å². The summed E-state index contributed by atoms with van der Waals surface area (Å²) in [6.07, 6.45) is 3.38. The highest BCUT2D eigenvalue weighted by atomic mass is 35.5. The maximum atomic E-state index is 6.16. The molecule has 8 heteroatoms. The Labute approximate surface area is 165 Å². The van der Waals surface area contributed by atoms with Gasteiger partial charge in [-0.3, -0.25) is 4.68 Å². The van der Waals surface area contributed by atoms with Gasteiger partial charge in [-0.05, 0) is 42.0 Å². The Morgan fingerprint density at radius 3 is 2.64 bits per heavy atom. The van der Waals surface area contributed by atoms with E-state index in [-0.39, 0.29) is 0 Å². The topological polar surface area (TPSA) is 41.9 Å². The summed E-state index contributed by atoms with van der Waals surface area (Å²) in [5.41, 5.74) is 2.56. The molecule has 25 heavy (non-hydrogen) atoms. The average molecular weight is 412 g/mol. The predicted octanol–water partition coefficient (Wildman–Crippen LogP) is 5.70. The van der Waals surface area contributed by atoms with Gasteiger partial charge in [-0.2, -0.15) is 5.10 Å². The Balaban J connectivity index is 1.67. The van der Waals surface area contributed by atoms with E-state index in [0.717, 1.165) is 11.3 Å². The van der Waals surface area contributed by atoms with Gasteiger partial charge in [0.25, 0.3) is 0 Å². The van der Waals surface area contributed by atoms with Crippen LogP contribution >= 0.6 is 47.0 Å². The van der Waals surface area contributed by atoms with Crippen molar-refractivity contribution in [3.8, 4) is 0 Å². The fourth-order valence-electron chi connectivity index (χ4n) is 2.24. The summed E-state index contributed by atoms with van der Waals surface area (Å²) in [5.74, 6) is 0. The molecule has 3 aromatic rings. The van der Waals surface area contributed by atoms with Gasteiger partial charge in [0.1, 0.15) is 0 Å². The number of benzene rings is 2. The molecule has 0 amide bonds. The molecule has 0 saturated carbocycles. The number of anilines is 2. The summed E-state index contributed by atoms with van der Waals surface area (Å²) >= 11 is 23.4. The summed E-state index contributed by atoms with van der Waals surface area (Å²) in [7, 11) is 0. The highest BCUT2D eigenvalue weighted by molar-refractivity contribution is 7.80. The van der Waals surface area contributed by atoms with Crippen LogP contribution < -0.4 is 10.6 Å². The average Bonchev–Trinajstić information content (AvgIpc) is 2.97. The second-order valence-corrected chi connectivity index (χ2v) is 6.87. The monoisotopic (exact) mass is 410 g/mol. The molecule has 1 heterocycles. The largest absolute Gasteiger partial charge is 0.332 e. The van der Waals surface area contributed by atoms with E-state index in [0.29, 0.717) is 32.4 Å². The van der Waals surface area contributed by atoms with Gasteiger partial charge in [0.15, 0.2) is 5.11 Å². The van der Waals surface area contributed by atoms with Crippen LogP contribution in [0.15, 0.2) is 54.9 Å². The second-order valence-electron chi connectivity index (χ2n) is 5.24. The van der Waals surface area contributed by atoms with E-state index < -0.39 is 0 Å². The zero-order valence-corrected chi connectivity index (χ0v) is 15.9. The molecule has 2 N–H and O–H groups in total. The third kappa shape index (κ3) is 4.86. The molecule has 0 aliphatic heterocycles. The third-order valence-corrected chi connectivity index (χ3v) is 4.55. The first-order valence-corrected chi connectivity index (χ1v) is 8.84. The van der Waals surface area contributed by atoms with E-state index in [4.69, 9.17) is 47.0 Å². The number of halogens is 3. The van der Waals surface area contributed by atoms with Gasteiger partial charge in [-0.25, -0.2) is 0 Å². The van der Waals surface area contributed by atoms with Crippen molar-refractivity contribution in [1.82, 2.24) is 9.78 Å². The van der Waals surface area contributed by atoms with Crippen molar-refractivity contribution >= 4 is 63.5 Å². The van der Waals surface area contributed by atoms with Gasteiger partial charge < -0.3 is 10.6 Å². The summed E-state index contributed by atoms with van der Waals surface area (Å²) in [4.78, 5) is 0. The van der Waals surface area contributed by atoms with Gasteiger partial charge in [0, 0.05) is 11.9 Å². The third-order valence-electron chi connectivity index (χ3n) is 3.33. The van der Waals surface area contributed by atoms with E-state index in [1.807, 2.05) is 24.3 Å². The first-order chi connectivity index (χ1) is 12.0. The number of aromatic nitrogens is 2. The lowest BCUT2D eigenvalue weighted by molar-refractivity contribution is 0.687. The first-order valence-electron chi connectivity index (χ1n) is 7.30. The van der Waals surface area contributed by atoms with E-state index in [1.165, 1.54) is 0 Å². The van der Waals surface area contributed by atoms with Crippen LogP contribution in [0.2, 0.25) is 15.1 Å². The predicted molar refractivity (Wildman–Crippen MR) is 109 cm³/mol. The van der Waals surface area contributed by atoms with E-state index >= 15 is 0 Å². The smallest absolute Gasteiger partial charge is 0.175 e. The number of hydrogen-bond donors (Lipinski definition) is 2. The molecular formula is C17H13Cl3N4S. The lowest BCUT2D eigenvalue weighted by atomic mass is 10.2. The van der Waals surface area contributed by atoms with Crippen LogP contribution in [0.3, 0.4) is 0 Å². The number of hydrogen-bond acceptors (Lipinski definition) is 2. The van der Waals surface area contributed by atoms with Crippen LogP contribution in [0.25, 0.3) is 0 Å². The van der Waals surface area contributed by atoms with Crippen molar-refractivity contribution in [2.45, 2.75) is 6.54 Å². The number of nitrogens with zero attached hydrogens (tertiary/aromatic N) is 2. The van der Waals surface area contributed by atoms with Gasteiger partial charge in [-0.1, -0.05) is 53.0 Å². The minimum absolute atomic E-state index is 0.420. The summed E-state index contributed by atoms with van der Waals surface area (Å²) in [6.45, 7) is 0.614. The lowest BCUT2D eigenvalue weighted by Gasteiger charge is -2.13. The molecular weight excluding hydrogens is 399 g/mol. The summed E-state index contributed by atoms with van der Waals surface area (Å²) < 4.78 is 1.77. The Morgan fingerprint density at radius 2 is 1.88 bits per heavy atom. The molecule has 0 bridgehead atoms. The maximum Gasteiger partial charge on any atom is 0.175 e. The van der Waals surface area contributed by atoms with Crippen molar-refractivity contribution in [3.63, 3.8) is 0 Å². The SMILES string of the molecule is S=C(Nc1cccc(Cn2cc(Cl)cn2)c1)Nc1cccc(Cl)c1Cl. The molecule has 4 nitrogen and oxygen atoms in total. The molecule has 0 radical (unpaired) electrons. The minimum Gasteiger partial charge on any atom is -0.332 e. The van der Waals surface area contributed by atoms with Crippen LogP contribution in [-0.4, -0.2) is 14.9 Å². The van der Waals surface area contributed by atoms with Gasteiger partial charge in [-0.15, -0.1) is 0 Å². The zero-order valence-electron chi connectivity index (χ0n) is 12.8. The second kappa shape index (κ2) is 8.06. The van der Waals surface area contributed by atoms with Gasteiger partial charge >= 0.3 is 0 Å². The fourth-order valence-corrected chi connectivity index (χ4v) is 2.98. The van der Waals surface area contributed by atoms with Gasteiger partial charge in [0.05, 0.1) is 33.5 Å². The molecule has 1 aromatic heterocycles. The van der Waals surface area contributed by atoms with Crippen LogP contribution in [0.5, 0.6) is 0 Å². The van der Waals surface area contributed by atoms with Crippen molar-refractivity contribution in [3.05, 3.63) is 75.5 Å². The summed E-state index contributed by atoms with van der Waals surface area (Å²) in [6, 6.07) is 13.2. The highest BCUT2D eigenvalue weighted by Crippen LogP contribution is 2.29. The van der Waals surface area contributed by atoms with Crippen molar-refractivity contribution < 1.29 is 0 Å². The molecule has 0 aliphatic rings. The first kappa shape index (κ1) is 18.0. The molecule has 2 aromatic carbocycles. The highest BCUT2D eigenvalue weighted by Gasteiger charge is 2.06. The zero-order chi connectivity index (χ0) is 17.8. The molecule has 0 saturated heterocycles. The molecule has 128 valence electrons. The Kier molecular flexibility index (Phi) is 5.81. The number of thiocarbonyl (C=S) groups is 1. The Morgan fingerprint density at radius 1 is 1.08 bits per heavy atom. The van der Waals surface area contributed by atoms with E-state index in [9.17, 15) is 0 Å². The summed E-state index contributed by atoms with van der Waals surface area (Å²) in [5, 5.41) is 12.3. The van der Waals surface area contributed by atoms with Crippen LogP contribution in [-0.2, 0) is 6.54 Å². The van der Waals surface area contributed by atoms with Crippen LogP contribution in [0.4, 0.5) is 11.4 Å². The molecule has 0 atom stereocenters. The van der Waals surface area contributed by atoms with Crippen molar-refractivity contribution in [2.24, 2.45) is 0 Å². The molecule has 0 unspecified atom stereocenters. The molecule has 0 spiro atoms. The standard InChI is InChI=1S/C17H13Cl3N4S/c18-12-8-21-24(10-12)9-11-3-1-4-13(7-11)22-17(25)23-15-6-2-5-14(19)16(15)20/h1-8,10H,9H2,(H2,22,23,25). The molecule has 3 rings (SSSR count). The minimum atomic E-state index is 0.420. The molecule has 0 aliphatic carbocycles.